The Kier molecular flexibility index (Phi) is 4.33. The van der Waals surface area contributed by atoms with E-state index in [9.17, 15) is 14.9 Å². The Morgan fingerprint density at radius 1 is 1.68 bits per heavy atom. The third kappa shape index (κ3) is 3.42. The van der Waals surface area contributed by atoms with Gasteiger partial charge in [0.1, 0.15) is 0 Å². The fraction of sp³-hybridized carbons (Fsp3) is 0.455. The van der Waals surface area contributed by atoms with E-state index in [1.807, 2.05) is 0 Å². The lowest BCUT2D eigenvalue weighted by molar-refractivity contribution is -0.389. The maximum absolute atomic E-state index is 11.1. The van der Waals surface area contributed by atoms with Crippen LogP contribution < -0.4 is 0 Å². The summed E-state index contributed by atoms with van der Waals surface area (Å²) in [4.78, 5) is 25.0. The average molecular weight is 284 g/mol. The smallest absolute Gasteiger partial charge is 0.364 e. The van der Waals surface area contributed by atoms with E-state index in [-0.39, 0.29) is 11.7 Å². The summed E-state index contributed by atoms with van der Waals surface area (Å²) in [5.41, 5.74) is -0.0929. The van der Waals surface area contributed by atoms with Crippen LogP contribution in [0.2, 0.25) is 0 Å². The van der Waals surface area contributed by atoms with Crippen LogP contribution in [0.25, 0.3) is 0 Å². The molecule has 0 spiro atoms. The molecule has 0 radical (unpaired) electrons. The van der Waals surface area contributed by atoms with Gasteiger partial charge in [0.05, 0.1) is 22.6 Å². The lowest BCUT2D eigenvalue weighted by atomic mass is 10.2. The van der Waals surface area contributed by atoms with Crippen molar-refractivity contribution in [2.24, 2.45) is 0 Å². The number of pyridine rings is 1. The molecule has 0 aromatic carbocycles. The first-order valence-corrected chi connectivity index (χ1v) is 6.68. The number of rotatable bonds is 5. The van der Waals surface area contributed by atoms with Gasteiger partial charge in [-0.2, -0.15) is 0 Å². The first-order chi connectivity index (χ1) is 9.08. The van der Waals surface area contributed by atoms with E-state index in [0.29, 0.717) is 10.6 Å². The molecule has 1 unspecified atom stereocenters. The minimum absolute atomic E-state index is 0.0929. The highest BCUT2D eigenvalue weighted by atomic mass is 32.2. The SMILES string of the molecule is O=C(O)c1cc([N+](=O)[O-])ncc1SCC1CCCO1. The Balaban J connectivity index is 2.14. The van der Waals surface area contributed by atoms with E-state index in [1.54, 1.807) is 0 Å². The standard InChI is InChI=1S/C11H12N2O5S/c14-11(15)8-4-10(13(16)17)12-5-9(8)19-6-7-2-1-3-18-7/h4-5,7H,1-3,6H2,(H,14,15). The quantitative estimate of drug-likeness (QED) is 0.500. The van der Waals surface area contributed by atoms with Crippen molar-refractivity contribution in [2.45, 2.75) is 23.8 Å². The molecule has 0 bridgehead atoms. The van der Waals surface area contributed by atoms with Crippen LogP contribution in [0.5, 0.6) is 0 Å². The summed E-state index contributed by atoms with van der Waals surface area (Å²) in [6.45, 7) is 0.732. The molecule has 1 aromatic rings. The first kappa shape index (κ1) is 13.8. The summed E-state index contributed by atoms with van der Waals surface area (Å²) in [6, 6.07) is 0.986. The van der Waals surface area contributed by atoms with Crippen molar-refractivity contribution >= 4 is 23.5 Å². The maximum atomic E-state index is 11.1. The highest BCUT2D eigenvalue weighted by Gasteiger charge is 2.21. The molecule has 0 aliphatic carbocycles. The molecule has 1 aliphatic rings. The zero-order valence-electron chi connectivity index (χ0n) is 9.94. The molecule has 1 N–H and O–H groups in total. The van der Waals surface area contributed by atoms with Gasteiger partial charge in [0.25, 0.3) is 0 Å². The fourth-order valence-corrected chi connectivity index (χ4v) is 2.83. The Morgan fingerprint density at radius 2 is 2.47 bits per heavy atom. The molecule has 1 saturated heterocycles. The molecule has 19 heavy (non-hydrogen) atoms. The molecule has 1 fully saturated rings. The molecule has 1 aliphatic heterocycles. The number of ether oxygens (including phenoxy) is 1. The molecule has 1 aromatic heterocycles. The van der Waals surface area contributed by atoms with Gasteiger partial charge in [0.15, 0.2) is 6.20 Å². The number of thioether (sulfide) groups is 1. The van der Waals surface area contributed by atoms with Crippen LogP contribution in [0.15, 0.2) is 17.2 Å². The van der Waals surface area contributed by atoms with Gasteiger partial charge < -0.3 is 20.0 Å². The van der Waals surface area contributed by atoms with Crippen LogP contribution >= 0.6 is 11.8 Å². The van der Waals surface area contributed by atoms with Crippen molar-refractivity contribution < 1.29 is 19.6 Å². The predicted octanol–water partition coefficient (Wildman–Crippen LogP) is 1.96. The zero-order valence-corrected chi connectivity index (χ0v) is 10.8. The van der Waals surface area contributed by atoms with E-state index in [1.165, 1.54) is 18.0 Å². The van der Waals surface area contributed by atoms with Gasteiger partial charge in [0.2, 0.25) is 0 Å². The maximum Gasteiger partial charge on any atom is 0.364 e. The lowest BCUT2D eigenvalue weighted by Gasteiger charge is -2.09. The van der Waals surface area contributed by atoms with E-state index in [4.69, 9.17) is 9.84 Å². The summed E-state index contributed by atoms with van der Waals surface area (Å²) in [7, 11) is 0. The molecule has 102 valence electrons. The van der Waals surface area contributed by atoms with Crippen LogP contribution in [0.4, 0.5) is 5.82 Å². The molecule has 7 nitrogen and oxygen atoms in total. The van der Waals surface area contributed by atoms with Crippen molar-refractivity contribution in [1.29, 1.82) is 0 Å². The molecular weight excluding hydrogens is 272 g/mol. The zero-order chi connectivity index (χ0) is 13.8. The predicted molar refractivity (Wildman–Crippen MR) is 67.5 cm³/mol. The average Bonchev–Trinajstić information content (AvgIpc) is 2.89. The van der Waals surface area contributed by atoms with Gasteiger partial charge >= 0.3 is 11.8 Å². The van der Waals surface area contributed by atoms with Crippen LogP contribution in [0.3, 0.4) is 0 Å². The number of hydrogen-bond donors (Lipinski definition) is 1. The highest BCUT2D eigenvalue weighted by molar-refractivity contribution is 7.99. The summed E-state index contributed by atoms with van der Waals surface area (Å²) in [5.74, 6) is -1.03. The van der Waals surface area contributed by atoms with Gasteiger partial charge in [-0.25, -0.2) is 4.79 Å². The normalized spacial score (nSPS) is 18.4. The van der Waals surface area contributed by atoms with E-state index >= 15 is 0 Å². The van der Waals surface area contributed by atoms with E-state index < -0.39 is 16.7 Å². The summed E-state index contributed by atoms with van der Waals surface area (Å²) >= 11 is 1.30. The summed E-state index contributed by atoms with van der Waals surface area (Å²) < 4.78 is 5.44. The third-order valence-corrected chi connectivity index (χ3v) is 3.89. The molecule has 8 heteroatoms. The van der Waals surface area contributed by atoms with E-state index in [0.717, 1.165) is 25.5 Å². The summed E-state index contributed by atoms with van der Waals surface area (Å²) in [6.07, 6.45) is 3.31. The second kappa shape index (κ2) is 5.98. The molecule has 0 amide bonds. The fourth-order valence-electron chi connectivity index (χ4n) is 1.77. The van der Waals surface area contributed by atoms with Gasteiger partial charge in [-0.1, -0.05) is 0 Å². The van der Waals surface area contributed by atoms with Crippen molar-refractivity contribution in [3.05, 3.63) is 27.9 Å². The van der Waals surface area contributed by atoms with Gasteiger partial charge in [-0.3, -0.25) is 0 Å². The summed E-state index contributed by atoms with van der Waals surface area (Å²) in [5, 5.41) is 19.6. The molecule has 2 heterocycles. The molecule has 0 saturated carbocycles. The highest BCUT2D eigenvalue weighted by Crippen LogP contribution is 2.28. The van der Waals surface area contributed by atoms with Gasteiger partial charge in [0, 0.05) is 12.4 Å². The number of nitro groups is 1. The Bertz CT molecular complexity index is 502. The van der Waals surface area contributed by atoms with Crippen molar-refractivity contribution in [1.82, 2.24) is 4.98 Å². The van der Waals surface area contributed by atoms with Crippen LogP contribution in [0.1, 0.15) is 23.2 Å². The van der Waals surface area contributed by atoms with Gasteiger partial charge in [-0.05, 0) is 22.7 Å². The minimum Gasteiger partial charge on any atom is -0.478 e. The number of carboxylic acid groups (broad SMARTS) is 1. The number of carboxylic acids is 1. The van der Waals surface area contributed by atoms with Gasteiger partial charge in [-0.15, -0.1) is 11.8 Å². The largest absolute Gasteiger partial charge is 0.478 e. The second-order valence-corrected chi connectivity index (χ2v) is 5.11. The Hall–Kier alpha value is -1.67. The number of aromatic carboxylic acids is 1. The number of nitrogens with zero attached hydrogens (tertiary/aromatic N) is 2. The Labute approximate surface area is 113 Å². The molecular formula is C11H12N2O5S. The molecule has 1 atom stereocenters. The van der Waals surface area contributed by atoms with E-state index in [2.05, 4.69) is 4.98 Å². The second-order valence-electron chi connectivity index (χ2n) is 4.05. The number of hydrogen-bond acceptors (Lipinski definition) is 6. The molecule has 2 rings (SSSR count). The topological polar surface area (TPSA) is 103 Å². The van der Waals surface area contributed by atoms with Crippen molar-refractivity contribution in [2.75, 3.05) is 12.4 Å². The first-order valence-electron chi connectivity index (χ1n) is 5.70. The third-order valence-electron chi connectivity index (χ3n) is 2.72. The minimum atomic E-state index is -1.19. The Morgan fingerprint density at radius 3 is 3.05 bits per heavy atom. The number of carbonyl (C=O) groups is 1. The van der Waals surface area contributed by atoms with Crippen LogP contribution in [-0.4, -0.2) is 39.4 Å². The monoisotopic (exact) mass is 284 g/mol. The van der Waals surface area contributed by atoms with Crippen molar-refractivity contribution in [3.63, 3.8) is 0 Å². The van der Waals surface area contributed by atoms with Crippen molar-refractivity contribution in [3.8, 4) is 0 Å². The lowest BCUT2D eigenvalue weighted by Crippen LogP contribution is -2.09. The van der Waals surface area contributed by atoms with Crippen LogP contribution in [0, 0.1) is 10.1 Å². The number of aromatic nitrogens is 1. The van der Waals surface area contributed by atoms with Crippen LogP contribution in [-0.2, 0) is 4.74 Å².